The molecule has 0 bridgehead atoms. The van der Waals surface area contributed by atoms with E-state index in [0.717, 1.165) is 27.3 Å². The molecule has 1 atom stereocenters. The van der Waals surface area contributed by atoms with Crippen molar-refractivity contribution < 1.29 is 13.2 Å². The van der Waals surface area contributed by atoms with Gasteiger partial charge >= 0.3 is 0 Å². The molecular formula is C21H27ClN2O3S. The first-order valence-electron chi connectivity index (χ1n) is 9.04. The Bertz CT molecular complexity index is 974. The predicted octanol–water partition coefficient (Wildman–Crippen LogP) is 3.90. The van der Waals surface area contributed by atoms with Crippen molar-refractivity contribution in [2.75, 3.05) is 12.8 Å². The standard InChI is InChI=1S/C21H27ClN2O3S/c1-14-10-16(3)19(11-15(14)2)17(4)23-21(25)13-24(28(5,26)27)12-18-8-6-7-9-20(18)22/h6-11,17H,12-13H2,1-5H3,(H,23,25). The Kier molecular flexibility index (Phi) is 7.26. The van der Waals surface area contributed by atoms with Gasteiger partial charge in [0.25, 0.3) is 0 Å². The smallest absolute Gasteiger partial charge is 0.235 e. The number of hydrogen-bond donors (Lipinski definition) is 1. The fourth-order valence-electron chi connectivity index (χ4n) is 3.08. The topological polar surface area (TPSA) is 66.5 Å². The Labute approximate surface area is 172 Å². The van der Waals surface area contributed by atoms with Crippen molar-refractivity contribution in [3.63, 3.8) is 0 Å². The first kappa shape index (κ1) is 22.4. The molecule has 7 heteroatoms. The molecule has 2 aromatic carbocycles. The molecule has 0 fully saturated rings. The summed E-state index contributed by atoms with van der Waals surface area (Å²) in [7, 11) is -3.58. The fraction of sp³-hybridized carbons (Fsp3) is 0.381. The molecule has 28 heavy (non-hydrogen) atoms. The van der Waals surface area contributed by atoms with E-state index >= 15 is 0 Å². The van der Waals surface area contributed by atoms with Crippen molar-refractivity contribution in [1.82, 2.24) is 9.62 Å². The van der Waals surface area contributed by atoms with E-state index in [0.29, 0.717) is 10.6 Å². The largest absolute Gasteiger partial charge is 0.348 e. The summed E-state index contributed by atoms with van der Waals surface area (Å²) in [6, 6.07) is 10.9. The van der Waals surface area contributed by atoms with Gasteiger partial charge in [0.05, 0.1) is 18.8 Å². The summed E-state index contributed by atoms with van der Waals surface area (Å²) in [4.78, 5) is 12.6. The Morgan fingerprint density at radius 3 is 2.32 bits per heavy atom. The highest BCUT2D eigenvalue weighted by Gasteiger charge is 2.23. The molecule has 1 N–H and O–H groups in total. The van der Waals surface area contributed by atoms with Gasteiger partial charge in [-0.2, -0.15) is 4.31 Å². The lowest BCUT2D eigenvalue weighted by Crippen LogP contribution is -2.40. The minimum atomic E-state index is -3.58. The summed E-state index contributed by atoms with van der Waals surface area (Å²) in [6.45, 7) is 7.76. The fourth-order valence-corrected chi connectivity index (χ4v) is 4.00. The van der Waals surface area contributed by atoms with E-state index < -0.39 is 10.0 Å². The monoisotopic (exact) mass is 422 g/mol. The number of amides is 1. The summed E-state index contributed by atoms with van der Waals surface area (Å²) in [6.07, 6.45) is 1.09. The number of nitrogens with one attached hydrogen (secondary N) is 1. The van der Waals surface area contributed by atoms with Gasteiger partial charge in [-0.25, -0.2) is 8.42 Å². The van der Waals surface area contributed by atoms with Crippen LogP contribution in [0.5, 0.6) is 0 Å². The van der Waals surface area contributed by atoms with Crippen LogP contribution in [0.1, 0.15) is 40.8 Å². The number of carbonyl (C=O) groups is 1. The number of hydrogen-bond acceptors (Lipinski definition) is 3. The molecule has 0 saturated heterocycles. The van der Waals surface area contributed by atoms with E-state index in [1.807, 2.05) is 27.7 Å². The first-order valence-corrected chi connectivity index (χ1v) is 11.3. The summed E-state index contributed by atoms with van der Waals surface area (Å²) in [5.41, 5.74) is 5.11. The van der Waals surface area contributed by atoms with Crippen LogP contribution in [0.3, 0.4) is 0 Å². The molecule has 1 amide bonds. The van der Waals surface area contributed by atoms with Gasteiger partial charge in [-0.05, 0) is 61.6 Å². The van der Waals surface area contributed by atoms with Gasteiger partial charge in [-0.3, -0.25) is 4.79 Å². The molecule has 1 unspecified atom stereocenters. The second kappa shape index (κ2) is 9.07. The zero-order valence-electron chi connectivity index (χ0n) is 16.9. The highest BCUT2D eigenvalue weighted by atomic mass is 35.5. The second-order valence-corrected chi connectivity index (χ2v) is 9.59. The van der Waals surface area contributed by atoms with Gasteiger partial charge in [-0.15, -0.1) is 0 Å². The van der Waals surface area contributed by atoms with E-state index in [4.69, 9.17) is 11.6 Å². The predicted molar refractivity (Wildman–Crippen MR) is 114 cm³/mol. The molecule has 0 saturated carbocycles. The van der Waals surface area contributed by atoms with Crippen LogP contribution in [0.25, 0.3) is 0 Å². The van der Waals surface area contributed by atoms with Crippen LogP contribution in [0.15, 0.2) is 36.4 Å². The van der Waals surface area contributed by atoms with E-state index in [1.54, 1.807) is 24.3 Å². The third-order valence-corrected chi connectivity index (χ3v) is 6.38. The summed E-state index contributed by atoms with van der Waals surface area (Å²) in [5, 5.41) is 3.38. The van der Waals surface area contributed by atoms with E-state index in [2.05, 4.69) is 17.4 Å². The number of halogens is 1. The molecule has 152 valence electrons. The number of benzene rings is 2. The normalized spacial score (nSPS) is 12.8. The Hall–Kier alpha value is -1.89. The molecular weight excluding hydrogens is 396 g/mol. The van der Waals surface area contributed by atoms with Crippen LogP contribution in [0, 0.1) is 20.8 Å². The lowest BCUT2D eigenvalue weighted by molar-refractivity contribution is -0.122. The van der Waals surface area contributed by atoms with Crippen LogP contribution in [0.4, 0.5) is 0 Å². The van der Waals surface area contributed by atoms with E-state index in [-0.39, 0.29) is 25.0 Å². The van der Waals surface area contributed by atoms with Crippen LogP contribution in [0.2, 0.25) is 5.02 Å². The molecule has 0 radical (unpaired) electrons. The molecule has 0 aliphatic carbocycles. The molecule has 0 aliphatic heterocycles. The molecule has 0 aliphatic rings. The zero-order valence-corrected chi connectivity index (χ0v) is 18.5. The van der Waals surface area contributed by atoms with E-state index in [1.165, 1.54) is 5.56 Å². The van der Waals surface area contributed by atoms with Crippen molar-refractivity contribution >= 4 is 27.5 Å². The Morgan fingerprint density at radius 2 is 1.71 bits per heavy atom. The lowest BCUT2D eigenvalue weighted by atomic mass is 9.96. The van der Waals surface area contributed by atoms with Gasteiger partial charge in [0.2, 0.25) is 15.9 Å². The number of sulfonamides is 1. The zero-order chi connectivity index (χ0) is 21.1. The highest BCUT2D eigenvalue weighted by molar-refractivity contribution is 7.88. The average molecular weight is 423 g/mol. The van der Waals surface area contributed by atoms with Crippen LogP contribution in [-0.2, 0) is 21.4 Å². The number of aryl methyl sites for hydroxylation is 3. The van der Waals surface area contributed by atoms with Gasteiger partial charge in [0.15, 0.2) is 0 Å². The van der Waals surface area contributed by atoms with Gasteiger partial charge in [-0.1, -0.05) is 41.9 Å². The minimum absolute atomic E-state index is 0.0446. The Balaban J connectivity index is 2.14. The van der Waals surface area contributed by atoms with E-state index in [9.17, 15) is 13.2 Å². The Morgan fingerprint density at radius 1 is 1.11 bits per heavy atom. The van der Waals surface area contributed by atoms with Gasteiger partial charge in [0, 0.05) is 11.6 Å². The third kappa shape index (κ3) is 5.80. The van der Waals surface area contributed by atoms with Gasteiger partial charge < -0.3 is 5.32 Å². The van der Waals surface area contributed by atoms with Crippen molar-refractivity contribution in [2.45, 2.75) is 40.3 Å². The molecule has 2 aromatic rings. The molecule has 0 spiro atoms. The summed E-state index contributed by atoms with van der Waals surface area (Å²) in [5.74, 6) is -0.359. The summed E-state index contributed by atoms with van der Waals surface area (Å²) < 4.78 is 25.5. The molecule has 0 aromatic heterocycles. The van der Waals surface area contributed by atoms with Crippen LogP contribution in [-0.4, -0.2) is 31.4 Å². The third-order valence-electron chi connectivity index (χ3n) is 4.82. The average Bonchev–Trinajstić information content (AvgIpc) is 2.58. The summed E-state index contributed by atoms with van der Waals surface area (Å²) >= 11 is 6.14. The van der Waals surface area contributed by atoms with Crippen molar-refractivity contribution in [1.29, 1.82) is 0 Å². The molecule has 2 rings (SSSR count). The molecule has 0 heterocycles. The lowest BCUT2D eigenvalue weighted by Gasteiger charge is -2.23. The van der Waals surface area contributed by atoms with Crippen molar-refractivity contribution in [3.05, 3.63) is 69.2 Å². The van der Waals surface area contributed by atoms with Crippen molar-refractivity contribution in [3.8, 4) is 0 Å². The molecule has 5 nitrogen and oxygen atoms in total. The highest BCUT2D eigenvalue weighted by Crippen LogP contribution is 2.22. The maximum Gasteiger partial charge on any atom is 0.235 e. The van der Waals surface area contributed by atoms with Crippen molar-refractivity contribution in [2.24, 2.45) is 0 Å². The maximum atomic E-state index is 12.6. The quantitative estimate of drug-likeness (QED) is 0.735. The van der Waals surface area contributed by atoms with Crippen LogP contribution >= 0.6 is 11.6 Å². The first-order chi connectivity index (χ1) is 13.0. The second-order valence-electron chi connectivity index (χ2n) is 7.20. The number of carbonyl (C=O) groups excluding carboxylic acids is 1. The maximum absolute atomic E-state index is 12.6. The number of nitrogens with zero attached hydrogens (tertiary/aromatic N) is 1. The van der Waals surface area contributed by atoms with Gasteiger partial charge in [0.1, 0.15) is 0 Å². The SMILES string of the molecule is Cc1cc(C)c(C(C)NC(=O)CN(Cc2ccccc2Cl)S(C)(=O)=O)cc1C. The minimum Gasteiger partial charge on any atom is -0.348 e. The van der Waals surface area contributed by atoms with Crippen LogP contribution < -0.4 is 5.32 Å². The number of rotatable bonds is 7.